The molecule has 0 unspecified atom stereocenters. The van der Waals surface area contributed by atoms with Crippen molar-refractivity contribution in [1.82, 2.24) is 14.8 Å². The molecular weight excluding hydrogens is 198 g/mol. The lowest BCUT2D eigenvalue weighted by Gasteiger charge is -2.00. The fourth-order valence-electron chi connectivity index (χ4n) is 1.17. The number of aryl methyl sites for hydroxylation is 1. The van der Waals surface area contributed by atoms with E-state index in [0.717, 1.165) is 16.9 Å². The summed E-state index contributed by atoms with van der Waals surface area (Å²) in [4.78, 5) is 4.25. The number of halogens is 1. The Hall–Kier alpha value is -1.35. The average Bonchev–Trinajstić information content (AvgIpc) is 2.65. The summed E-state index contributed by atoms with van der Waals surface area (Å²) in [6, 6.07) is 3.86. The fourth-order valence-corrected chi connectivity index (χ4v) is 1.33. The first kappa shape index (κ1) is 9.21. The van der Waals surface area contributed by atoms with Gasteiger partial charge in [0.1, 0.15) is 0 Å². The van der Waals surface area contributed by atoms with Gasteiger partial charge < -0.3 is 0 Å². The van der Waals surface area contributed by atoms with Crippen LogP contribution in [0.25, 0.3) is 5.82 Å². The first-order chi connectivity index (χ1) is 6.79. The molecule has 0 atom stereocenters. The fraction of sp³-hybridized carbons (Fsp3) is 0.200. The van der Waals surface area contributed by atoms with Gasteiger partial charge >= 0.3 is 0 Å². The number of aromatic nitrogens is 3. The van der Waals surface area contributed by atoms with E-state index in [2.05, 4.69) is 10.1 Å². The van der Waals surface area contributed by atoms with Crippen LogP contribution in [-0.4, -0.2) is 14.8 Å². The monoisotopic (exact) mass is 207 g/mol. The standard InChI is InChI=1S/C10H10ClN3/c1-8-5-13-14(7-8)10-3-2-9(4-11)6-12-10/h2-3,5-7H,4H2,1H3. The van der Waals surface area contributed by atoms with E-state index in [0.29, 0.717) is 5.88 Å². The number of pyridine rings is 1. The van der Waals surface area contributed by atoms with Gasteiger partial charge in [-0.3, -0.25) is 0 Å². The van der Waals surface area contributed by atoms with E-state index in [-0.39, 0.29) is 0 Å². The van der Waals surface area contributed by atoms with Gasteiger partial charge in [-0.1, -0.05) is 6.07 Å². The molecule has 0 saturated carbocycles. The molecule has 14 heavy (non-hydrogen) atoms. The second kappa shape index (κ2) is 3.80. The van der Waals surface area contributed by atoms with E-state index in [1.54, 1.807) is 17.1 Å². The maximum Gasteiger partial charge on any atom is 0.153 e. The first-order valence-corrected chi connectivity index (χ1v) is 4.85. The molecule has 0 aromatic carbocycles. The Morgan fingerprint density at radius 3 is 2.71 bits per heavy atom. The molecule has 0 aliphatic rings. The number of rotatable bonds is 2. The maximum absolute atomic E-state index is 5.67. The van der Waals surface area contributed by atoms with Gasteiger partial charge in [0.2, 0.25) is 0 Å². The summed E-state index contributed by atoms with van der Waals surface area (Å²) >= 11 is 5.67. The molecule has 0 saturated heterocycles. The summed E-state index contributed by atoms with van der Waals surface area (Å²) in [6.45, 7) is 2.00. The number of hydrogen-bond acceptors (Lipinski definition) is 2. The molecule has 2 rings (SSSR count). The van der Waals surface area contributed by atoms with Crippen molar-refractivity contribution >= 4 is 11.6 Å². The molecule has 0 amide bonds. The van der Waals surface area contributed by atoms with Crippen molar-refractivity contribution in [3.63, 3.8) is 0 Å². The molecule has 2 heterocycles. The van der Waals surface area contributed by atoms with Crippen LogP contribution in [0.15, 0.2) is 30.7 Å². The molecule has 0 bridgehead atoms. The zero-order chi connectivity index (χ0) is 9.97. The predicted molar refractivity (Wildman–Crippen MR) is 55.7 cm³/mol. The second-order valence-corrected chi connectivity index (χ2v) is 3.39. The minimum atomic E-state index is 0.491. The van der Waals surface area contributed by atoms with Gasteiger partial charge in [0, 0.05) is 18.3 Å². The van der Waals surface area contributed by atoms with Gasteiger partial charge in [0.05, 0.1) is 6.20 Å². The molecule has 0 N–H and O–H groups in total. The third kappa shape index (κ3) is 1.77. The molecule has 0 fully saturated rings. The Kier molecular flexibility index (Phi) is 2.50. The topological polar surface area (TPSA) is 30.7 Å². The molecule has 0 spiro atoms. The Balaban J connectivity index is 2.33. The summed E-state index contributed by atoms with van der Waals surface area (Å²) in [5, 5.41) is 4.16. The zero-order valence-electron chi connectivity index (χ0n) is 7.81. The van der Waals surface area contributed by atoms with Crippen molar-refractivity contribution in [3.05, 3.63) is 41.9 Å². The van der Waals surface area contributed by atoms with Crippen LogP contribution in [0.1, 0.15) is 11.1 Å². The highest BCUT2D eigenvalue weighted by Gasteiger charge is 1.99. The third-order valence-electron chi connectivity index (χ3n) is 1.91. The number of nitrogens with zero attached hydrogens (tertiary/aromatic N) is 3. The van der Waals surface area contributed by atoms with Gasteiger partial charge in [0.15, 0.2) is 5.82 Å². The summed E-state index contributed by atoms with van der Waals surface area (Å²) in [7, 11) is 0. The van der Waals surface area contributed by atoms with E-state index >= 15 is 0 Å². The maximum atomic E-state index is 5.67. The van der Waals surface area contributed by atoms with Crippen molar-refractivity contribution in [3.8, 4) is 5.82 Å². The summed E-state index contributed by atoms with van der Waals surface area (Å²) in [6.07, 6.45) is 5.50. The summed E-state index contributed by atoms with van der Waals surface area (Å²) in [5.41, 5.74) is 2.13. The third-order valence-corrected chi connectivity index (χ3v) is 2.22. The van der Waals surface area contributed by atoms with Crippen LogP contribution in [0.2, 0.25) is 0 Å². The van der Waals surface area contributed by atoms with E-state index in [4.69, 9.17) is 11.6 Å². The highest BCUT2D eigenvalue weighted by molar-refractivity contribution is 6.17. The smallest absolute Gasteiger partial charge is 0.153 e. The Bertz CT molecular complexity index is 419. The molecule has 3 nitrogen and oxygen atoms in total. The van der Waals surface area contributed by atoms with Crippen molar-refractivity contribution in [2.75, 3.05) is 0 Å². The van der Waals surface area contributed by atoms with Gasteiger partial charge in [0.25, 0.3) is 0 Å². The Morgan fingerprint density at radius 2 is 2.21 bits per heavy atom. The molecule has 72 valence electrons. The van der Waals surface area contributed by atoms with Crippen molar-refractivity contribution in [1.29, 1.82) is 0 Å². The minimum absolute atomic E-state index is 0.491. The van der Waals surface area contributed by atoms with Gasteiger partial charge in [-0.25, -0.2) is 9.67 Å². The van der Waals surface area contributed by atoms with E-state index in [1.165, 1.54) is 0 Å². The SMILES string of the molecule is Cc1cnn(-c2ccc(CCl)cn2)c1. The average molecular weight is 208 g/mol. The van der Waals surface area contributed by atoms with E-state index in [9.17, 15) is 0 Å². The number of hydrogen-bond donors (Lipinski definition) is 0. The van der Waals surface area contributed by atoms with E-state index < -0.39 is 0 Å². The zero-order valence-corrected chi connectivity index (χ0v) is 8.57. The van der Waals surface area contributed by atoms with Gasteiger partial charge in [-0.05, 0) is 24.1 Å². The molecule has 2 aromatic heterocycles. The normalized spacial score (nSPS) is 10.4. The van der Waals surface area contributed by atoms with Crippen molar-refractivity contribution in [2.24, 2.45) is 0 Å². The lowest BCUT2D eigenvalue weighted by molar-refractivity contribution is 0.845. The van der Waals surface area contributed by atoms with Crippen LogP contribution in [0.3, 0.4) is 0 Å². The largest absolute Gasteiger partial charge is 0.237 e. The molecule has 0 aliphatic heterocycles. The second-order valence-electron chi connectivity index (χ2n) is 3.12. The Morgan fingerprint density at radius 1 is 1.36 bits per heavy atom. The van der Waals surface area contributed by atoms with Crippen molar-refractivity contribution < 1.29 is 0 Å². The lowest BCUT2D eigenvalue weighted by atomic mass is 10.3. The summed E-state index contributed by atoms with van der Waals surface area (Å²) in [5.74, 6) is 1.30. The predicted octanol–water partition coefficient (Wildman–Crippen LogP) is 2.31. The van der Waals surface area contributed by atoms with E-state index in [1.807, 2.05) is 25.3 Å². The van der Waals surface area contributed by atoms with Crippen LogP contribution in [-0.2, 0) is 5.88 Å². The highest BCUT2D eigenvalue weighted by Crippen LogP contribution is 2.07. The van der Waals surface area contributed by atoms with Crippen molar-refractivity contribution in [2.45, 2.75) is 12.8 Å². The number of alkyl halides is 1. The molecule has 0 aliphatic carbocycles. The lowest BCUT2D eigenvalue weighted by Crippen LogP contribution is -1.97. The van der Waals surface area contributed by atoms with Crippen LogP contribution >= 0.6 is 11.6 Å². The minimum Gasteiger partial charge on any atom is -0.237 e. The van der Waals surface area contributed by atoms with Crippen LogP contribution in [0, 0.1) is 6.92 Å². The van der Waals surface area contributed by atoms with Gasteiger partial charge in [-0.15, -0.1) is 11.6 Å². The molecule has 0 radical (unpaired) electrons. The first-order valence-electron chi connectivity index (χ1n) is 4.32. The Labute approximate surface area is 87.3 Å². The molecule has 4 heteroatoms. The van der Waals surface area contributed by atoms with Gasteiger partial charge in [-0.2, -0.15) is 5.10 Å². The molecular formula is C10H10ClN3. The van der Waals surface area contributed by atoms with Crippen LogP contribution in [0.4, 0.5) is 0 Å². The highest BCUT2D eigenvalue weighted by atomic mass is 35.5. The summed E-state index contributed by atoms with van der Waals surface area (Å²) < 4.78 is 1.74. The quantitative estimate of drug-likeness (QED) is 0.708. The molecule has 2 aromatic rings. The van der Waals surface area contributed by atoms with Crippen LogP contribution in [0.5, 0.6) is 0 Å². The van der Waals surface area contributed by atoms with Crippen LogP contribution < -0.4 is 0 Å².